The molecule has 1 aliphatic rings. The Hall–Kier alpha value is -0.0300. The topological polar surface area (TPSA) is 49.3 Å². The maximum Gasteiger partial charge on any atom is 0.406 e. The summed E-state index contributed by atoms with van der Waals surface area (Å²) in [6.07, 6.45) is 0.206. The maximum absolute atomic E-state index is 10.1. The first-order chi connectivity index (χ1) is 4.79. The van der Waals surface area contributed by atoms with E-state index in [1.165, 1.54) is 6.42 Å². The van der Waals surface area contributed by atoms with Gasteiger partial charge in [-0.25, -0.2) is 4.79 Å². The molecule has 2 N–H and O–H groups in total. The first-order valence-corrected chi connectivity index (χ1v) is 4.88. The predicted octanol–water partition coefficient (Wildman–Crippen LogP) is 1.57. The van der Waals surface area contributed by atoms with Crippen LogP contribution in [0.3, 0.4) is 0 Å². The summed E-state index contributed by atoms with van der Waals surface area (Å²) in [6.45, 7) is 0. The zero-order valence-electron chi connectivity index (χ0n) is 5.29. The van der Waals surface area contributed by atoms with Crippen molar-refractivity contribution in [3.63, 3.8) is 0 Å². The Bertz CT molecular complexity index is 125. The zero-order valence-corrected chi connectivity index (χ0v) is 6.93. The number of amides is 1. The molecule has 1 amide bonds. The number of hydrogen-bond donors (Lipinski definition) is 2. The van der Waals surface area contributed by atoms with Crippen LogP contribution in [0.15, 0.2) is 0 Å². The molecule has 0 aliphatic carbocycles. The minimum absolute atomic E-state index is 0.818. The van der Waals surface area contributed by atoms with Crippen molar-refractivity contribution in [2.75, 3.05) is 11.5 Å². The molecule has 0 unspecified atom stereocenters. The average molecular weight is 178 g/mol. The quantitative estimate of drug-likeness (QED) is 0.640. The van der Waals surface area contributed by atoms with Crippen molar-refractivity contribution >= 4 is 29.6 Å². The molecule has 0 saturated carbocycles. The number of hydrogen-bond acceptors (Lipinski definition) is 3. The van der Waals surface area contributed by atoms with E-state index in [1.807, 2.05) is 0 Å². The minimum atomic E-state index is -0.961. The van der Waals surface area contributed by atoms with Gasteiger partial charge in [-0.3, -0.25) is 5.32 Å². The predicted molar refractivity (Wildman–Crippen MR) is 43.9 cm³/mol. The van der Waals surface area contributed by atoms with Crippen LogP contribution < -0.4 is 5.32 Å². The monoisotopic (exact) mass is 178 g/mol. The summed E-state index contributed by atoms with van der Waals surface area (Å²) >= 11 is 3.16. The number of thioether (sulfide) groups is 2. The molecule has 57 valence electrons. The molecule has 0 bridgehead atoms. The number of carboxylic acid groups (broad SMARTS) is 1. The van der Waals surface area contributed by atoms with Gasteiger partial charge in [-0.1, -0.05) is 0 Å². The first-order valence-electron chi connectivity index (χ1n) is 2.91. The van der Waals surface area contributed by atoms with Gasteiger partial charge in [0.2, 0.25) is 0 Å². The lowest BCUT2D eigenvalue weighted by Crippen LogP contribution is -2.24. The lowest BCUT2D eigenvalue weighted by atomic mass is 10.6. The fourth-order valence-electron chi connectivity index (χ4n) is 0.590. The van der Waals surface area contributed by atoms with Crippen LogP contribution in [0.5, 0.6) is 0 Å². The van der Waals surface area contributed by atoms with Crippen molar-refractivity contribution in [1.82, 2.24) is 5.32 Å². The van der Waals surface area contributed by atoms with Crippen molar-refractivity contribution in [1.29, 1.82) is 0 Å². The fourth-order valence-corrected chi connectivity index (χ4v) is 2.87. The summed E-state index contributed by atoms with van der Waals surface area (Å²) in [5.74, 6) is 2.06. The highest BCUT2D eigenvalue weighted by Crippen LogP contribution is 2.34. The Labute approximate surface area is 67.9 Å². The van der Waals surface area contributed by atoms with Crippen LogP contribution in [0, 0.1) is 4.71 Å². The third kappa shape index (κ3) is 2.70. The molecule has 0 aromatic heterocycles. The molecule has 1 aliphatic heterocycles. The van der Waals surface area contributed by atoms with Crippen molar-refractivity contribution in [3.05, 3.63) is 4.71 Å². The number of carbonyl (C=O) groups is 1. The van der Waals surface area contributed by atoms with E-state index >= 15 is 0 Å². The van der Waals surface area contributed by atoms with Gasteiger partial charge in [-0.2, -0.15) is 0 Å². The average Bonchev–Trinajstić information content (AvgIpc) is 1.88. The molecule has 1 saturated heterocycles. The molecule has 10 heavy (non-hydrogen) atoms. The second kappa shape index (κ2) is 3.98. The second-order valence-corrected chi connectivity index (χ2v) is 4.24. The molecule has 3 nitrogen and oxygen atoms in total. The van der Waals surface area contributed by atoms with Crippen LogP contribution >= 0.6 is 23.5 Å². The summed E-state index contributed by atoms with van der Waals surface area (Å²) in [6, 6.07) is 0. The summed E-state index contributed by atoms with van der Waals surface area (Å²) in [7, 11) is 0. The third-order valence-electron chi connectivity index (χ3n) is 0.964. The number of rotatable bonds is 1. The standard InChI is InChI=1S/C5H8NO2S2/c7-4(8)6-5-9-2-1-3-10-5/h6H,1-3H2,(H,7,8). The second-order valence-electron chi connectivity index (χ2n) is 1.77. The summed E-state index contributed by atoms with van der Waals surface area (Å²) in [4.78, 5) is 10.1. The van der Waals surface area contributed by atoms with Crippen LogP contribution in [0.25, 0.3) is 0 Å². The molecular weight excluding hydrogens is 170 g/mol. The van der Waals surface area contributed by atoms with E-state index in [0.29, 0.717) is 0 Å². The highest BCUT2D eigenvalue weighted by molar-refractivity contribution is 8.21. The summed E-state index contributed by atoms with van der Waals surface area (Å²) in [5.41, 5.74) is 0. The Morgan fingerprint density at radius 3 is 2.60 bits per heavy atom. The molecule has 5 heteroatoms. The number of nitrogens with one attached hydrogen (secondary N) is 1. The van der Waals surface area contributed by atoms with Gasteiger partial charge in [-0.05, 0) is 17.9 Å². The van der Waals surface area contributed by atoms with Crippen LogP contribution in [0.2, 0.25) is 0 Å². The molecule has 1 radical (unpaired) electrons. The lowest BCUT2D eigenvalue weighted by molar-refractivity contribution is 0.197. The van der Waals surface area contributed by atoms with Crippen LogP contribution in [0.4, 0.5) is 4.79 Å². The Kier molecular flexibility index (Phi) is 3.21. The highest BCUT2D eigenvalue weighted by atomic mass is 32.2. The molecule has 1 fully saturated rings. The molecule has 0 spiro atoms. The van der Waals surface area contributed by atoms with Crippen molar-refractivity contribution in [2.45, 2.75) is 6.42 Å². The summed E-state index contributed by atoms with van der Waals surface area (Å²) in [5, 5.41) is 10.6. The Balaban J connectivity index is 2.19. The van der Waals surface area contributed by atoms with E-state index in [2.05, 4.69) is 5.32 Å². The lowest BCUT2D eigenvalue weighted by Gasteiger charge is -2.18. The Morgan fingerprint density at radius 2 is 2.10 bits per heavy atom. The van der Waals surface area contributed by atoms with Crippen LogP contribution in [-0.2, 0) is 0 Å². The maximum atomic E-state index is 10.1. The van der Waals surface area contributed by atoms with Crippen LogP contribution in [-0.4, -0.2) is 22.7 Å². The van der Waals surface area contributed by atoms with Gasteiger partial charge in [0.25, 0.3) is 0 Å². The fraction of sp³-hybridized carbons (Fsp3) is 0.600. The van der Waals surface area contributed by atoms with Crippen molar-refractivity contribution < 1.29 is 9.90 Å². The van der Waals surface area contributed by atoms with Crippen molar-refractivity contribution in [3.8, 4) is 0 Å². The summed E-state index contributed by atoms with van der Waals surface area (Å²) < 4.78 is 0.818. The molecular formula is C5H8NO2S2. The van der Waals surface area contributed by atoms with Gasteiger partial charge in [0, 0.05) is 0 Å². The van der Waals surface area contributed by atoms with Gasteiger partial charge in [0.05, 0.1) is 0 Å². The minimum Gasteiger partial charge on any atom is -0.465 e. The van der Waals surface area contributed by atoms with E-state index in [1.54, 1.807) is 23.5 Å². The first kappa shape index (κ1) is 8.07. The molecule has 0 aromatic rings. The van der Waals surface area contributed by atoms with E-state index in [0.717, 1.165) is 16.2 Å². The molecule has 0 atom stereocenters. The van der Waals surface area contributed by atoms with Gasteiger partial charge >= 0.3 is 6.09 Å². The normalized spacial score (nSPS) is 20.4. The van der Waals surface area contributed by atoms with Crippen molar-refractivity contribution in [2.24, 2.45) is 0 Å². The smallest absolute Gasteiger partial charge is 0.406 e. The SMILES string of the molecule is O=C(O)N[C]1SCCCS1. The van der Waals surface area contributed by atoms with Gasteiger partial charge in [0.1, 0.15) is 0 Å². The highest BCUT2D eigenvalue weighted by Gasteiger charge is 2.16. The zero-order chi connectivity index (χ0) is 7.40. The molecule has 1 heterocycles. The van der Waals surface area contributed by atoms with Gasteiger partial charge < -0.3 is 5.11 Å². The largest absolute Gasteiger partial charge is 0.465 e. The van der Waals surface area contributed by atoms with E-state index in [4.69, 9.17) is 5.11 Å². The molecule has 1 rings (SSSR count). The molecule has 0 aromatic carbocycles. The third-order valence-corrected chi connectivity index (χ3v) is 3.39. The van der Waals surface area contributed by atoms with Gasteiger partial charge in [-0.15, -0.1) is 23.5 Å². The van der Waals surface area contributed by atoms with E-state index in [-0.39, 0.29) is 0 Å². The van der Waals surface area contributed by atoms with E-state index in [9.17, 15) is 4.79 Å². The van der Waals surface area contributed by atoms with Gasteiger partial charge in [0.15, 0.2) is 4.71 Å². The van der Waals surface area contributed by atoms with Crippen LogP contribution in [0.1, 0.15) is 6.42 Å². The van der Waals surface area contributed by atoms with E-state index < -0.39 is 6.09 Å². The Morgan fingerprint density at radius 1 is 1.50 bits per heavy atom.